The molecule has 1 fully saturated rings. The van der Waals surface area contributed by atoms with Gasteiger partial charge >= 0.3 is 0 Å². The van der Waals surface area contributed by atoms with Crippen molar-refractivity contribution in [3.05, 3.63) is 23.8 Å². The fourth-order valence-corrected chi connectivity index (χ4v) is 3.39. The number of aliphatic imine (C=N–C) groups is 1. The number of unbranched alkanes of at least 4 members (excludes halogenated alkanes) is 1. The van der Waals surface area contributed by atoms with E-state index in [1.165, 1.54) is 45.7 Å². The molecule has 1 aromatic rings. The number of nitrogens with zero attached hydrogens (tertiary/aromatic N) is 3. The van der Waals surface area contributed by atoms with Crippen LogP contribution in [0, 0.1) is 0 Å². The molecule has 7 nitrogen and oxygen atoms in total. The van der Waals surface area contributed by atoms with E-state index in [0.717, 1.165) is 36.0 Å². The Hall–Kier alpha value is -1.99. The van der Waals surface area contributed by atoms with Crippen LogP contribution in [0.5, 0.6) is 11.5 Å². The molecule has 0 saturated carbocycles. The van der Waals surface area contributed by atoms with E-state index in [2.05, 4.69) is 32.3 Å². The van der Waals surface area contributed by atoms with E-state index in [0.29, 0.717) is 6.54 Å². The van der Waals surface area contributed by atoms with Crippen LogP contribution in [0.1, 0.15) is 25.3 Å². The Kier molecular flexibility index (Phi) is 9.93. The summed E-state index contributed by atoms with van der Waals surface area (Å²) in [6, 6.07) is 5.85. The highest BCUT2D eigenvalue weighted by Crippen LogP contribution is 2.24. The number of hydrogen-bond donors (Lipinski definition) is 2. The van der Waals surface area contributed by atoms with Crippen LogP contribution in [-0.2, 0) is 6.54 Å². The maximum atomic E-state index is 5.45. The van der Waals surface area contributed by atoms with Crippen LogP contribution >= 0.6 is 0 Å². The van der Waals surface area contributed by atoms with Gasteiger partial charge in [0.15, 0.2) is 5.96 Å². The first-order chi connectivity index (χ1) is 13.7. The van der Waals surface area contributed by atoms with Crippen LogP contribution in [0.4, 0.5) is 0 Å². The second-order valence-corrected chi connectivity index (χ2v) is 7.01. The second kappa shape index (κ2) is 12.5. The van der Waals surface area contributed by atoms with Crippen molar-refractivity contribution >= 4 is 5.96 Å². The summed E-state index contributed by atoms with van der Waals surface area (Å²) in [5, 5.41) is 6.75. The van der Waals surface area contributed by atoms with Crippen LogP contribution in [0.2, 0.25) is 0 Å². The molecule has 0 spiro atoms. The number of methoxy groups -OCH3 is 2. The summed E-state index contributed by atoms with van der Waals surface area (Å²) in [4.78, 5) is 9.41. The third-order valence-electron chi connectivity index (χ3n) is 5.27. The molecule has 1 aliphatic rings. The van der Waals surface area contributed by atoms with Gasteiger partial charge in [0, 0.05) is 57.9 Å². The average Bonchev–Trinajstić information content (AvgIpc) is 2.75. The highest BCUT2D eigenvalue weighted by molar-refractivity contribution is 5.79. The van der Waals surface area contributed by atoms with Crippen LogP contribution < -0.4 is 20.1 Å². The molecule has 28 heavy (non-hydrogen) atoms. The molecule has 1 aromatic carbocycles. The zero-order valence-electron chi connectivity index (χ0n) is 18.0. The van der Waals surface area contributed by atoms with Crippen LogP contribution in [-0.4, -0.2) is 82.8 Å². The van der Waals surface area contributed by atoms with Crippen molar-refractivity contribution in [1.82, 2.24) is 20.4 Å². The van der Waals surface area contributed by atoms with E-state index in [1.807, 2.05) is 18.2 Å². The molecular formula is C21H37N5O2. The Balaban J connectivity index is 1.64. The Bertz CT molecular complexity index is 600. The summed E-state index contributed by atoms with van der Waals surface area (Å²) >= 11 is 0. The van der Waals surface area contributed by atoms with Gasteiger partial charge in [0.2, 0.25) is 0 Å². The summed E-state index contributed by atoms with van der Waals surface area (Å²) in [5.74, 6) is 2.42. The van der Waals surface area contributed by atoms with Gasteiger partial charge in [-0.3, -0.25) is 4.99 Å². The van der Waals surface area contributed by atoms with Crippen molar-refractivity contribution in [2.45, 2.75) is 26.3 Å². The molecule has 2 rings (SSSR count). The third-order valence-corrected chi connectivity index (χ3v) is 5.27. The minimum absolute atomic E-state index is 0.647. The van der Waals surface area contributed by atoms with Crippen LogP contribution in [0.15, 0.2) is 23.2 Å². The molecule has 1 saturated heterocycles. The van der Waals surface area contributed by atoms with E-state index in [1.54, 1.807) is 21.3 Å². The molecule has 1 aliphatic heterocycles. The quantitative estimate of drug-likeness (QED) is 0.360. The Labute approximate surface area is 170 Å². The number of piperazine rings is 1. The number of guanidine groups is 1. The van der Waals surface area contributed by atoms with Crippen LogP contribution in [0.3, 0.4) is 0 Å². The van der Waals surface area contributed by atoms with E-state index in [-0.39, 0.29) is 0 Å². The highest BCUT2D eigenvalue weighted by atomic mass is 16.5. The molecule has 0 atom stereocenters. The van der Waals surface area contributed by atoms with Crippen LogP contribution in [0.25, 0.3) is 0 Å². The van der Waals surface area contributed by atoms with Crippen molar-refractivity contribution in [1.29, 1.82) is 0 Å². The lowest BCUT2D eigenvalue weighted by Crippen LogP contribution is -2.46. The number of benzene rings is 1. The Morgan fingerprint density at radius 3 is 2.43 bits per heavy atom. The summed E-state index contributed by atoms with van der Waals surface area (Å²) in [5.41, 5.74) is 1.07. The topological polar surface area (TPSA) is 61.4 Å². The predicted octanol–water partition coefficient (Wildman–Crippen LogP) is 1.79. The smallest absolute Gasteiger partial charge is 0.191 e. The zero-order valence-corrected chi connectivity index (χ0v) is 18.0. The second-order valence-electron chi connectivity index (χ2n) is 7.01. The highest BCUT2D eigenvalue weighted by Gasteiger charge is 2.14. The third kappa shape index (κ3) is 7.20. The summed E-state index contributed by atoms with van der Waals surface area (Å²) in [6.07, 6.45) is 2.35. The van der Waals surface area contributed by atoms with E-state index in [4.69, 9.17) is 9.47 Å². The van der Waals surface area contributed by atoms with E-state index in [9.17, 15) is 0 Å². The molecule has 2 N–H and O–H groups in total. The summed E-state index contributed by atoms with van der Waals surface area (Å²) in [6.45, 7) is 11.0. The monoisotopic (exact) mass is 391 g/mol. The van der Waals surface area contributed by atoms with Gasteiger partial charge in [-0.2, -0.15) is 0 Å². The van der Waals surface area contributed by atoms with Crippen molar-refractivity contribution < 1.29 is 9.47 Å². The lowest BCUT2D eigenvalue weighted by Gasteiger charge is -2.34. The Morgan fingerprint density at radius 2 is 1.79 bits per heavy atom. The number of ether oxygens (including phenoxy) is 2. The molecule has 0 bridgehead atoms. The molecule has 0 aromatic heterocycles. The van der Waals surface area contributed by atoms with Gasteiger partial charge in [-0.25, -0.2) is 0 Å². The number of nitrogens with one attached hydrogen (secondary N) is 2. The summed E-state index contributed by atoms with van der Waals surface area (Å²) in [7, 11) is 5.13. The fraction of sp³-hybridized carbons (Fsp3) is 0.667. The normalized spacial score (nSPS) is 16.1. The minimum Gasteiger partial charge on any atom is -0.497 e. The van der Waals surface area contributed by atoms with Gasteiger partial charge < -0.3 is 29.9 Å². The van der Waals surface area contributed by atoms with Gasteiger partial charge in [-0.1, -0.05) is 6.92 Å². The van der Waals surface area contributed by atoms with E-state index >= 15 is 0 Å². The van der Waals surface area contributed by atoms with Crippen molar-refractivity contribution in [3.8, 4) is 11.5 Å². The molecule has 0 radical (unpaired) electrons. The molecule has 0 amide bonds. The van der Waals surface area contributed by atoms with Gasteiger partial charge in [0.25, 0.3) is 0 Å². The standard InChI is InChI=1S/C21H37N5O2/c1-5-25-12-14-26(15-13-25)11-7-6-10-23-21(22-2)24-17-18-8-9-19(27-3)16-20(18)28-4/h8-9,16H,5-7,10-15,17H2,1-4H3,(H2,22,23,24). The summed E-state index contributed by atoms with van der Waals surface area (Å²) < 4.78 is 10.7. The number of rotatable bonds is 10. The first kappa shape index (κ1) is 22.3. The fourth-order valence-electron chi connectivity index (χ4n) is 3.39. The first-order valence-electron chi connectivity index (χ1n) is 10.3. The molecule has 0 unspecified atom stereocenters. The van der Waals surface area contributed by atoms with Gasteiger partial charge in [-0.05, 0) is 38.1 Å². The van der Waals surface area contributed by atoms with Gasteiger partial charge in [-0.15, -0.1) is 0 Å². The maximum absolute atomic E-state index is 5.45. The Morgan fingerprint density at radius 1 is 1.04 bits per heavy atom. The number of likely N-dealkylation sites (N-methyl/N-ethyl adjacent to an activating group) is 1. The average molecular weight is 392 g/mol. The maximum Gasteiger partial charge on any atom is 0.191 e. The minimum atomic E-state index is 0.647. The van der Waals surface area contributed by atoms with Crippen molar-refractivity contribution in [2.24, 2.45) is 4.99 Å². The lowest BCUT2D eigenvalue weighted by atomic mass is 10.2. The zero-order chi connectivity index (χ0) is 20.2. The molecule has 158 valence electrons. The van der Waals surface area contributed by atoms with Crippen molar-refractivity contribution in [3.63, 3.8) is 0 Å². The van der Waals surface area contributed by atoms with Crippen molar-refractivity contribution in [2.75, 3.05) is 67.1 Å². The predicted molar refractivity (Wildman–Crippen MR) is 116 cm³/mol. The molecule has 7 heteroatoms. The van der Waals surface area contributed by atoms with Gasteiger partial charge in [0.05, 0.1) is 14.2 Å². The SMILES string of the molecule is CCN1CCN(CCCCNC(=NC)NCc2ccc(OC)cc2OC)CC1. The van der Waals surface area contributed by atoms with Gasteiger partial charge in [0.1, 0.15) is 11.5 Å². The lowest BCUT2D eigenvalue weighted by molar-refractivity contribution is 0.136. The van der Waals surface area contributed by atoms with E-state index < -0.39 is 0 Å². The molecule has 1 heterocycles. The molecular weight excluding hydrogens is 354 g/mol. The molecule has 0 aliphatic carbocycles. The largest absolute Gasteiger partial charge is 0.497 e. The first-order valence-corrected chi connectivity index (χ1v) is 10.3. The number of hydrogen-bond acceptors (Lipinski definition) is 5.